The maximum Gasteiger partial charge on any atom is 0.325 e. The molecule has 1 aromatic carbocycles. The zero-order valence-corrected chi connectivity index (χ0v) is 32.8. The molecule has 296 valence electrons. The number of piperidine rings is 1. The summed E-state index contributed by atoms with van der Waals surface area (Å²) in [6.45, 7) is 8.41. The number of likely N-dealkylation sites (N-methyl/N-ethyl adjacent to an activating group) is 1. The van der Waals surface area contributed by atoms with Crippen molar-refractivity contribution >= 4 is 46.8 Å². The molecule has 2 saturated carbocycles. The zero-order valence-electron chi connectivity index (χ0n) is 32.8. The number of rotatable bonds is 14. The molecule has 2 aliphatic carbocycles. The Labute approximate surface area is 320 Å². The van der Waals surface area contributed by atoms with Gasteiger partial charge in [-0.25, -0.2) is 4.98 Å². The van der Waals surface area contributed by atoms with Crippen LogP contribution in [0.25, 0.3) is 0 Å². The first-order valence-electron chi connectivity index (χ1n) is 20.1. The van der Waals surface area contributed by atoms with E-state index in [9.17, 15) is 19.2 Å². The van der Waals surface area contributed by atoms with Gasteiger partial charge in [0.05, 0.1) is 19.0 Å². The number of ether oxygens (including phenoxy) is 2. The summed E-state index contributed by atoms with van der Waals surface area (Å²) < 4.78 is 11.1. The Bertz CT molecular complexity index is 1590. The summed E-state index contributed by atoms with van der Waals surface area (Å²) in [6.07, 6.45) is 13.5. The first-order chi connectivity index (χ1) is 26.2. The highest BCUT2D eigenvalue weighted by molar-refractivity contribution is 6.04. The van der Waals surface area contributed by atoms with Gasteiger partial charge >= 0.3 is 5.97 Å². The van der Waals surface area contributed by atoms with E-state index in [1.54, 1.807) is 43.5 Å². The molecule has 0 spiro atoms. The number of hydrogen-bond donors (Lipinski definition) is 3. The Morgan fingerprint density at radius 1 is 0.981 bits per heavy atom. The van der Waals surface area contributed by atoms with Crippen LogP contribution in [0.15, 0.2) is 24.4 Å². The fourth-order valence-electron chi connectivity index (χ4n) is 8.03. The molecule has 1 atom stereocenters. The Morgan fingerprint density at radius 3 is 2.37 bits per heavy atom. The van der Waals surface area contributed by atoms with Crippen LogP contribution in [0.1, 0.15) is 115 Å². The molecule has 2 aromatic rings. The third kappa shape index (κ3) is 10.2. The molecule has 4 aliphatic rings. The van der Waals surface area contributed by atoms with Crippen LogP contribution < -0.4 is 30.5 Å². The highest BCUT2D eigenvalue weighted by Crippen LogP contribution is 2.40. The Morgan fingerprint density at radius 2 is 1.69 bits per heavy atom. The number of carbonyl (C=O) groups excluding carboxylic acids is 4. The molecular formula is C40H60N8O6. The number of esters is 1. The second kappa shape index (κ2) is 19.7. The van der Waals surface area contributed by atoms with E-state index in [4.69, 9.17) is 14.5 Å². The number of fused-ring (bicyclic) bond motifs is 1. The summed E-state index contributed by atoms with van der Waals surface area (Å²) in [5.74, 6) is 1.05. The first-order valence-corrected chi connectivity index (χ1v) is 20.1. The van der Waals surface area contributed by atoms with E-state index in [2.05, 4.69) is 30.7 Å². The fourth-order valence-corrected chi connectivity index (χ4v) is 8.03. The molecule has 1 unspecified atom stereocenters. The third-order valence-corrected chi connectivity index (χ3v) is 11.0. The van der Waals surface area contributed by atoms with Crippen LogP contribution in [-0.2, 0) is 19.1 Å². The van der Waals surface area contributed by atoms with Crippen LogP contribution in [0.2, 0.25) is 0 Å². The van der Waals surface area contributed by atoms with Gasteiger partial charge < -0.3 is 40.1 Å². The lowest BCUT2D eigenvalue weighted by Gasteiger charge is -2.43. The fraction of sp³-hybridized carbons (Fsp3) is 0.650. The van der Waals surface area contributed by atoms with Gasteiger partial charge in [0.15, 0.2) is 5.82 Å². The summed E-state index contributed by atoms with van der Waals surface area (Å²) in [5.41, 5.74) is 1.83. The maximum atomic E-state index is 13.3. The highest BCUT2D eigenvalue weighted by atomic mass is 16.5. The van der Waals surface area contributed by atoms with Gasteiger partial charge in [-0.1, -0.05) is 33.6 Å². The largest absolute Gasteiger partial charge is 0.495 e. The van der Waals surface area contributed by atoms with Crippen molar-refractivity contribution in [2.45, 2.75) is 128 Å². The van der Waals surface area contributed by atoms with E-state index in [0.29, 0.717) is 47.9 Å². The van der Waals surface area contributed by atoms with Gasteiger partial charge in [0, 0.05) is 44.2 Å². The number of nitrogens with zero attached hydrogens (tertiary/aromatic N) is 5. The van der Waals surface area contributed by atoms with Crippen LogP contribution in [0.4, 0.5) is 23.1 Å². The van der Waals surface area contributed by atoms with E-state index >= 15 is 0 Å². The molecule has 14 nitrogen and oxygen atoms in total. The SMILES string of the molecule is CC.CCC1C(=O)N(C)c2cnc(Nc3ccc(C(=O)NC4CCN(CCCC(=O)NCC(=O)OC5CCCC5)CC4)cc3OC)nc2N1C1CCCC1. The van der Waals surface area contributed by atoms with Gasteiger partial charge in [0.1, 0.15) is 30.1 Å². The molecule has 0 bridgehead atoms. The average molecular weight is 749 g/mol. The number of aromatic nitrogens is 2. The maximum absolute atomic E-state index is 13.3. The van der Waals surface area contributed by atoms with Crippen LogP contribution in [0.5, 0.6) is 5.75 Å². The summed E-state index contributed by atoms with van der Waals surface area (Å²) in [4.78, 5) is 66.4. The van der Waals surface area contributed by atoms with Crippen molar-refractivity contribution in [2.24, 2.45) is 0 Å². The lowest BCUT2D eigenvalue weighted by Crippen LogP contribution is -2.55. The van der Waals surface area contributed by atoms with Crippen LogP contribution in [0.3, 0.4) is 0 Å². The molecule has 3 heterocycles. The van der Waals surface area contributed by atoms with E-state index in [0.717, 1.165) is 89.7 Å². The van der Waals surface area contributed by atoms with Crippen molar-refractivity contribution in [3.8, 4) is 5.75 Å². The third-order valence-electron chi connectivity index (χ3n) is 11.0. The van der Waals surface area contributed by atoms with Gasteiger partial charge in [-0.3, -0.25) is 19.2 Å². The molecule has 1 saturated heterocycles. The van der Waals surface area contributed by atoms with Crippen LogP contribution in [0, 0.1) is 0 Å². The van der Waals surface area contributed by atoms with Crippen LogP contribution in [-0.4, -0.2) is 103 Å². The predicted octanol–water partition coefficient (Wildman–Crippen LogP) is 5.34. The van der Waals surface area contributed by atoms with Crippen molar-refractivity contribution in [2.75, 3.05) is 55.5 Å². The van der Waals surface area contributed by atoms with E-state index in [1.807, 2.05) is 20.8 Å². The minimum absolute atomic E-state index is 0.00452. The van der Waals surface area contributed by atoms with Gasteiger partial charge in [-0.2, -0.15) is 4.98 Å². The normalized spacial score (nSPS) is 19.5. The molecule has 2 aliphatic heterocycles. The van der Waals surface area contributed by atoms with Crippen molar-refractivity contribution < 1.29 is 28.7 Å². The molecule has 3 fully saturated rings. The number of nitrogens with one attached hydrogen (secondary N) is 3. The number of carbonyl (C=O) groups is 4. The molecular weight excluding hydrogens is 688 g/mol. The lowest BCUT2D eigenvalue weighted by molar-refractivity contribution is -0.148. The number of methoxy groups -OCH3 is 1. The summed E-state index contributed by atoms with van der Waals surface area (Å²) in [5, 5.41) is 9.14. The molecule has 3 N–H and O–H groups in total. The van der Waals surface area contributed by atoms with E-state index < -0.39 is 0 Å². The predicted molar refractivity (Wildman–Crippen MR) is 209 cm³/mol. The monoisotopic (exact) mass is 748 g/mol. The number of benzene rings is 1. The summed E-state index contributed by atoms with van der Waals surface area (Å²) in [7, 11) is 3.35. The Hall–Kier alpha value is -4.46. The van der Waals surface area contributed by atoms with Gasteiger partial charge in [0.25, 0.3) is 5.91 Å². The average Bonchev–Trinajstić information content (AvgIpc) is 3.92. The zero-order chi connectivity index (χ0) is 38.6. The van der Waals surface area contributed by atoms with Crippen LogP contribution >= 0.6 is 0 Å². The standard InChI is InChI=1S/C38H54N8O6.C2H6/c1-4-30-37(50)44(2)31-23-40-38(43-35(31)46(30)27-10-5-6-11-27)42-29-16-15-25(22-32(29)51-3)36(49)41-26-17-20-45(21-18-26)19-9-14-33(47)39-24-34(48)52-28-12-7-8-13-28;1-2/h15-16,22-23,26-28,30H,4-14,17-21,24H2,1-3H3,(H,39,47)(H,41,49)(H,40,42,43);1-2H3. The Balaban J connectivity index is 0.00000276. The Kier molecular flexibility index (Phi) is 14.9. The van der Waals surface area contributed by atoms with Gasteiger partial charge in [0.2, 0.25) is 17.8 Å². The number of hydrogen-bond acceptors (Lipinski definition) is 11. The van der Waals surface area contributed by atoms with E-state index in [1.165, 1.54) is 0 Å². The number of likely N-dealkylation sites (tertiary alicyclic amines) is 1. The summed E-state index contributed by atoms with van der Waals surface area (Å²) in [6, 6.07) is 5.34. The molecule has 54 heavy (non-hydrogen) atoms. The van der Waals surface area contributed by atoms with Crippen molar-refractivity contribution in [3.63, 3.8) is 0 Å². The molecule has 6 rings (SSSR count). The molecule has 14 heteroatoms. The second-order valence-electron chi connectivity index (χ2n) is 14.5. The van der Waals surface area contributed by atoms with Crippen molar-refractivity contribution in [1.29, 1.82) is 0 Å². The minimum atomic E-state index is -0.361. The smallest absolute Gasteiger partial charge is 0.325 e. The minimum Gasteiger partial charge on any atom is -0.495 e. The first kappa shape index (κ1) is 40.7. The topological polar surface area (TPSA) is 158 Å². The van der Waals surface area contributed by atoms with Crippen molar-refractivity contribution in [3.05, 3.63) is 30.0 Å². The highest BCUT2D eigenvalue weighted by Gasteiger charge is 2.41. The van der Waals surface area contributed by atoms with Crippen molar-refractivity contribution in [1.82, 2.24) is 25.5 Å². The number of amides is 3. The molecule has 0 radical (unpaired) electrons. The number of anilines is 4. The van der Waals surface area contributed by atoms with Gasteiger partial charge in [-0.15, -0.1) is 0 Å². The quantitative estimate of drug-likeness (QED) is 0.214. The molecule has 3 amide bonds. The molecule has 1 aromatic heterocycles. The summed E-state index contributed by atoms with van der Waals surface area (Å²) >= 11 is 0. The van der Waals surface area contributed by atoms with Gasteiger partial charge in [-0.05, 0) is 89.0 Å². The van der Waals surface area contributed by atoms with E-state index in [-0.39, 0.29) is 54.5 Å². The second-order valence-corrected chi connectivity index (χ2v) is 14.5. The lowest BCUT2D eigenvalue weighted by atomic mass is 10.0.